The second-order valence-corrected chi connectivity index (χ2v) is 10.7. The van der Waals surface area contributed by atoms with Gasteiger partial charge in [-0.25, -0.2) is 18.9 Å². The first-order valence-electron chi connectivity index (χ1n) is 12.2. The molecule has 2 aromatic heterocycles. The Labute approximate surface area is 221 Å². The second-order valence-electron chi connectivity index (χ2n) is 8.97. The van der Waals surface area contributed by atoms with E-state index in [2.05, 4.69) is 20.0 Å². The Balaban J connectivity index is 1.46. The Morgan fingerprint density at radius 1 is 1.18 bits per heavy atom. The third-order valence-corrected chi connectivity index (χ3v) is 7.74. The van der Waals surface area contributed by atoms with Gasteiger partial charge in [-0.3, -0.25) is 13.9 Å². The van der Waals surface area contributed by atoms with Gasteiger partial charge in [-0.1, -0.05) is 18.2 Å². The first kappa shape index (κ1) is 27.4. The number of alkyl halides is 1. The molecule has 2 aliphatic rings. The molecule has 16 heteroatoms. The number of carbonyl (C=O) groups excluding carboxylic acids is 1. The summed E-state index contributed by atoms with van der Waals surface area (Å²) in [5.74, 6) is -3.76. The number of nitrogens with one attached hydrogen (secondary N) is 1. The number of carbonyl (C=O) groups is 1. The molecule has 0 saturated carbocycles. The van der Waals surface area contributed by atoms with Gasteiger partial charge in [0.1, 0.15) is 30.3 Å². The lowest BCUT2D eigenvalue weighted by Crippen LogP contribution is -2.43. The molecule has 6 bridgehead atoms. The predicted molar refractivity (Wildman–Crippen MR) is 130 cm³/mol. The van der Waals surface area contributed by atoms with Gasteiger partial charge in [0.2, 0.25) is 5.88 Å². The number of rotatable bonds is 2. The van der Waals surface area contributed by atoms with E-state index in [1.54, 1.807) is 18.2 Å². The molecule has 0 radical (unpaired) electrons. The van der Waals surface area contributed by atoms with Crippen molar-refractivity contribution in [2.24, 2.45) is 0 Å². The van der Waals surface area contributed by atoms with Gasteiger partial charge in [0.15, 0.2) is 17.4 Å². The van der Waals surface area contributed by atoms with E-state index in [0.29, 0.717) is 12.8 Å². The molecule has 0 aliphatic carbocycles. The molecular weight excluding hydrogens is 540 g/mol. The van der Waals surface area contributed by atoms with Crippen molar-refractivity contribution in [1.29, 1.82) is 0 Å². The van der Waals surface area contributed by atoms with Crippen LogP contribution in [0.3, 0.4) is 0 Å². The monoisotopic (exact) mass is 567 g/mol. The molecule has 14 nitrogen and oxygen atoms in total. The summed E-state index contributed by atoms with van der Waals surface area (Å²) in [6.45, 7) is 0.988. The van der Waals surface area contributed by atoms with Crippen LogP contribution in [0.4, 0.5) is 4.39 Å². The van der Waals surface area contributed by atoms with Crippen molar-refractivity contribution in [2.45, 2.75) is 50.1 Å². The number of imidazole rings is 1. The zero-order chi connectivity index (χ0) is 27.6. The maximum absolute atomic E-state index is 15.5. The van der Waals surface area contributed by atoms with Crippen molar-refractivity contribution < 1.29 is 47.2 Å². The number of benzene rings is 1. The fraction of sp³-hybridized carbons (Fsp3) is 0.478. The number of halogens is 1. The van der Waals surface area contributed by atoms with E-state index in [9.17, 15) is 19.6 Å². The van der Waals surface area contributed by atoms with E-state index < -0.39 is 50.7 Å². The Kier molecular flexibility index (Phi) is 7.80. The number of hydrogen-bond donors (Lipinski definition) is 3. The summed E-state index contributed by atoms with van der Waals surface area (Å²) in [5, 5.41) is 23.6. The summed E-state index contributed by atoms with van der Waals surface area (Å²) in [7, 11) is -4.33. The van der Waals surface area contributed by atoms with E-state index in [0.717, 1.165) is 4.57 Å². The molecule has 3 aromatic rings. The Morgan fingerprint density at radius 3 is 2.69 bits per heavy atom. The van der Waals surface area contributed by atoms with Crippen LogP contribution in [-0.4, -0.2) is 79.6 Å². The highest BCUT2D eigenvalue weighted by molar-refractivity contribution is 7.52. The lowest BCUT2D eigenvalue weighted by Gasteiger charge is -2.24. The highest BCUT2D eigenvalue weighted by Gasteiger charge is 2.58. The Morgan fingerprint density at radius 2 is 1.92 bits per heavy atom. The molecule has 39 heavy (non-hydrogen) atoms. The molecule has 3 N–H and O–H groups in total. The second kappa shape index (κ2) is 11.1. The number of aliphatic hydroxyl groups is 2. The van der Waals surface area contributed by atoms with E-state index in [1.165, 1.54) is 31.7 Å². The maximum atomic E-state index is 15.5. The van der Waals surface area contributed by atoms with Crippen LogP contribution in [0.2, 0.25) is 0 Å². The van der Waals surface area contributed by atoms with Crippen molar-refractivity contribution >= 4 is 24.9 Å². The van der Waals surface area contributed by atoms with Crippen LogP contribution in [-0.2, 0) is 23.4 Å². The van der Waals surface area contributed by atoms with E-state index >= 15 is 4.39 Å². The number of cyclic esters (lactones) is 1. The van der Waals surface area contributed by atoms with Crippen LogP contribution in [0.1, 0.15) is 26.0 Å². The fourth-order valence-electron chi connectivity index (χ4n) is 4.08. The fourth-order valence-corrected chi connectivity index (χ4v) is 5.59. The predicted octanol–water partition coefficient (Wildman–Crippen LogP) is 1.64. The average Bonchev–Trinajstić information content (AvgIpc) is 3.43. The summed E-state index contributed by atoms with van der Waals surface area (Å²) in [5.41, 5.74) is 0.254. The normalized spacial score (nSPS) is 32.6. The quantitative estimate of drug-likeness (QED) is 0.301. The van der Waals surface area contributed by atoms with Gasteiger partial charge < -0.3 is 28.9 Å². The molecule has 1 aromatic carbocycles. The van der Waals surface area contributed by atoms with Gasteiger partial charge >= 0.3 is 13.7 Å². The highest BCUT2D eigenvalue weighted by Crippen LogP contribution is 2.47. The summed E-state index contributed by atoms with van der Waals surface area (Å²) in [6, 6.07) is 6.89. The summed E-state index contributed by atoms with van der Waals surface area (Å²) in [4.78, 5) is 24.8. The average molecular weight is 567 g/mol. The first-order chi connectivity index (χ1) is 18.7. The number of esters is 1. The van der Waals surface area contributed by atoms with Gasteiger partial charge in [-0.15, -0.1) is 0 Å². The molecule has 0 spiro atoms. The third kappa shape index (κ3) is 5.73. The molecule has 2 aliphatic heterocycles. The van der Waals surface area contributed by atoms with Crippen molar-refractivity contribution in [3.63, 3.8) is 0 Å². The number of hydrogen-bond acceptors (Lipinski definition) is 12. The van der Waals surface area contributed by atoms with Crippen LogP contribution < -0.4 is 14.3 Å². The zero-order valence-corrected chi connectivity index (χ0v) is 21.6. The number of aliphatic hydroxyl groups excluding tert-OH is 1. The Bertz CT molecular complexity index is 1360. The molecule has 210 valence electrons. The third-order valence-electron chi connectivity index (χ3n) is 6.10. The maximum Gasteiger partial charge on any atom is 0.459 e. The van der Waals surface area contributed by atoms with Crippen molar-refractivity contribution in [3.8, 4) is 11.6 Å². The molecule has 5 rings (SSSR count). The van der Waals surface area contributed by atoms with Crippen LogP contribution in [0.15, 0.2) is 43.0 Å². The zero-order valence-electron chi connectivity index (χ0n) is 20.8. The molecule has 1 saturated heterocycles. The van der Waals surface area contributed by atoms with E-state index in [4.69, 9.17) is 23.3 Å². The molecule has 4 heterocycles. The van der Waals surface area contributed by atoms with Gasteiger partial charge in [0.25, 0.3) is 5.85 Å². The number of aromatic nitrogens is 4. The minimum atomic E-state index is -4.33. The van der Waals surface area contributed by atoms with Gasteiger partial charge in [0.05, 0.1) is 26.1 Å². The van der Waals surface area contributed by atoms with Crippen molar-refractivity contribution in [3.05, 3.63) is 43.0 Å². The highest BCUT2D eigenvalue weighted by atomic mass is 31.2. The van der Waals surface area contributed by atoms with Crippen LogP contribution in [0, 0.1) is 0 Å². The molecule has 1 unspecified atom stereocenters. The van der Waals surface area contributed by atoms with Gasteiger partial charge in [-0.2, -0.15) is 10.1 Å². The number of para-hydroxylation sites is 1. The van der Waals surface area contributed by atoms with Crippen molar-refractivity contribution in [2.75, 3.05) is 19.8 Å². The van der Waals surface area contributed by atoms with Crippen LogP contribution in [0.5, 0.6) is 11.6 Å². The SMILES string of the molecule is C[C@H]1NP(=O)(Oc2ccccc2)OC[C@H]2O[C@@H](n3cnc4c(ncnc43)OCCCCOC1=O)[C@@](O)(F)[C@@H]2O. The lowest BCUT2D eigenvalue weighted by atomic mass is 10.1. The smallest absolute Gasteiger partial charge is 0.459 e. The summed E-state index contributed by atoms with van der Waals surface area (Å²) >= 11 is 0. The minimum absolute atomic E-state index is 0.0750. The Hall–Kier alpha value is -3.20. The molecule has 1 fully saturated rings. The minimum Gasteiger partial charge on any atom is -0.476 e. The van der Waals surface area contributed by atoms with E-state index in [1.807, 2.05) is 0 Å². The topological polar surface area (TPSA) is 176 Å². The van der Waals surface area contributed by atoms with Crippen LogP contribution in [0.25, 0.3) is 11.2 Å². The summed E-state index contributed by atoms with van der Waals surface area (Å²) < 4.78 is 57.8. The standard InChI is InChI=1S/C23H27FN5O9P/c1-14-21(31)35-10-6-5-9-34-20-17-19(25-12-26-20)29(13-27-17)22-23(24,32)18(30)16(37-22)11-36-39(33,28-14)38-15-7-3-2-4-8-15/h2-4,7-8,12-14,16,18,22,30,32H,5-6,9-11H2,1H3,(H,28,33)/t14-,16-,18-,22-,23-,39?/m1/s1. The number of ether oxygens (including phenoxy) is 3. The molecule has 6 atom stereocenters. The van der Waals surface area contributed by atoms with Crippen molar-refractivity contribution in [1.82, 2.24) is 24.6 Å². The summed E-state index contributed by atoms with van der Waals surface area (Å²) in [6.07, 6.45) is -2.15. The molecule has 0 amide bonds. The van der Waals surface area contributed by atoms with Gasteiger partial charge in [-0.05, 0) is 31.9 Å². The largest absolute Gasteiger partial charge is 0.476 e. The number of fused-ring (bicyclic) bond motifs is 3. The van der Waals surface area contributed by atoms with E-state index in [-0.39, 0.29) is 36.0 Å². The van der Waals surface area contributed by atoms with Crippen LogP contribution >= 0.6 is 7.75 Å². The van der Waals surface area contributed by atoms with Gasteiger partial charge in [0, 0.05) is 0 Å². The molecular formula is C23H27FN5O9P. The lowest BCUT2D eigenvalue weighted by molar-refractivity contribution is -0.195. The first-order valence-corrected chi connectivity index (χ1v) is 13.7. The number of nitrogens with zero attached hydrogens (tertiary/aromatic N) is 4.